The molecule has 8 nitrogen and oxygen atoms in total. The second-order valence-electron chi connectivity index (χ2n) is 9.27. The summed E-state index contributed by atoms with van der Waals surface area (Å²) in [6, 6.07) is 4.89. The number of hydrogen-bond acceptors (Lipinski definition) is 5. The fourth-order valence-electron chi connectivity index (χ4n) is 5.39. The number of carbonyl (C=O) groups excluding carboxylic acids is 2. The van der Waals surface area contributed by atoms with Crippen LogP contribution in [0.1, 0.15) is 12.5 Å². The topological polar surface area (TPSA) is 64.9 Å². The van der Waals surface area contributed by atoms with Gasteiger partial charge in [-0.25, -0.2) is 9.18 Å². The molecule has 2 amide bonds. The van der Waals surface area contributed by atoms with Gasteiger partial charge in [-0.1, -0.05) is 17.7 Å². The number of rotatable bonds is 3. The van der Waals surface area contributed by atoms with Crippen LogP contribution < -0.4 is 4.90 Å². The lowest BCUT2D eigenvalue weighted by Gasteiger charge is -2.37. The van der Waals surface area contributed by atoms with Crippen molar-refractivity contribution in [2.45, 2.75) is 13.5 Å². The lowest BCUT2D eigenvalue weighted by Crippen LogP contribution is -2.48. The average molecular weight is 475 g/mol. The van der Waals surface area contributed by atoms with Gasteiger partial charge >= 0.3 is 6.03 Å². The zero-order valence-corrected chi connectivity index (χ0v) is 19.4. The van der Waals surface area contributed by atoms with E-state index < -0.39 is 0 Å². The molecule has 3 saturated heterocycles. The Kier molecular flexibility index (Phi) is 6.01. The zero-order valence-electron chi connectivity index (χ0n) is 18.7. The summed E-state index contributed by atoms with van der Waals surface area (Å²) in [4.78, 5) is 32.6. The molecule has 0 N–H and O–H groups in total. The van der Waals surface area contributed by atoms with Gasteiger partial charge in [0.2, 0.25) is 5.91 Å². The lowest BCUT2D eigenvalue weighted by atomic mass is 10.0. The van der Waals surface area contributed by atoms with Crippen LogP contribution in [0.15, 0.2) is 30.6 Å². The fraction of sp³-hybridized carbons (Fsp3) is 0.522. The van der Waals surface area contributed by atoms with Crippen LogP contribution in [0.4, 0.5) is 14.9 Å². The molecule has 5 rings (SSSR count). The van der Waals surface area contributed by atoms with Crippen LogP contribution in [0.5, 0.6) is 0 Å². The molecule has 3 aliphatic rings. The molecule has 0 radical (unpaired) electrons. The summed E-state index contributed by atoms with van der Waals surface area (Å²) in [7, 11) is 0. The van der Waals surface area contributed by atoms with Crippen molar-refractivity contribution in [2.75, 3.05) is 57.3 Å². The van der Waals surface area contributed by atoms with Gasteiger partial charge in [0.1, 0.15) is 5.82 Å². The zero-order chi connectivity index (χ0) is 23.1. The Hall–Kier alpha value is -2.65. The van der Waals surface area contributed by atoms with Gasteiger partial charge in [-0.15, -0.1) is 0 Å². The Morgan fingerprint density at radius 3 is 2.36 bits per heavy atom. The van der Waals surface area contributed by atoms with Gasteiger partial charge in [-0.2, -0.15) is 9.78 Å². The minimum Gasteiger partial charge on any atom is -0.368 e. The predicted molar refractivity (Wildman–Crippen MR) is 123 cm³/mol. The first-order valence-corrected chi connectivity index (χ1v) is 11.8. The summed E-state index contributed by atoms with van der Waals surface area (Å²) in [6.45, 7) is 8.29. The van der Waals surface area contributed by atoms with Crippen molar-refractivity contribution in [1.82, 2.24) is 24.5 Å². The molecule has 0 bridgehead atoms. The van der Waals surface area contributed by atoms with Crippen molar-refractivity contribution >= 4 is 29.2 Å². The van der Waals surface area contributed by atoms with Crippen molar-refractivity contribution in [2.24, 2.45) is 11.8 Å². The van der Waals surface area contributed by atoms with E-state index in [1.807, 2.05) is 15.9 Å². The van der Waals surface area contributed by atoms with Gasteiger partial charge in [0.15, 0.2) is 0 Å². The first-order chi connectivity index (χ1) is 15.9. The van der Waals surface area contributed by atoms with E-state index in [-0.39, 0.29) is 17.8 Å². The molecule has 3 aliphatic heterocycles. The first kappa shape index (κ1) is 22.2. The van der Waals surface area contributed by atoms with Crippen molar-refractivity contribution in [1.29, 1.82) is 0 Å². The normalized spacial score (nSPS) is 23.3. The van der Waals surface area contributed by atoms with Gasteiger partial charge in [-0.05, 0) is 29.5 Å². The summed E-state index contributed by atoms with van der Waals surface area (Å²) in [6.07, 6.45) is 3.01. The molecule has 2 unspecified atom stereocenters. The number of aromatic nitrogens is 2. The molecule has 0 saturated carbocycles. The molecule has 3 fully saturated rings. The summed E-state index contributed by atoms with van der Waals surface area (Å²) >= 11 is 5.90. The van der Waals surface area contributed by atoms with Crippen LogP contribution >= 0.6 is 11.6 Å². The quantitative estimate of drug-likeness (QED) is 0.683. The Labute approximate surface area is 197 Å². The number of hydrogen-bond donors (Lipinski definition) is 0. The van der Waals surface area contributed by atoms with Crippen LogP contribution in [-0.4, -0.2) is 88.8 Å². The number of nitrogens with zero attached hydrogens (tertiary/aromatic N) is 6. The SMILES string of the molecule is CC(=O)N1CCN(c2cc(F)ccc2CN2CC3CN(C(=O)n4cc(Cl)cn4)CC3C2)CC1. The summed E-state index contributed by atoms with van der Waals surface area (Å²) in [5.41, 5.74) is 2.02. The molecule has 2 atom stereocenters. The van der Waals surface area contributed by atoms with E-state index >= 15 is 0 Å². The Balaban J connectivity index is 1.21. The highest BCUT2D eigenvalue weighted by Crippen LogP contribution is 2.34. The number of amides is 2. The second-order valence-corrected chi connectivity index (χ2v) is 9.71. The Morgan fingerprint density at radius 1 is 1.06 bits per heavy atom. The van der Waals surface area contributed by atoms with E-state index in [1.54, 1.807) is 13.0 Å². The van der Waals surface area contributed by atoms with Gasteiger partial charge in [0, 0.05) is 71.5 Å². The molecule has 10 heteroatoms. The van der Waals surface area contributed by atoms with E-state index in [2.05, 4.69) is 14.9 Å². The number of benzene rings is 1. The molecule has 33 heavy (non-hydrogen) atoms. The monoisotopic (exact) mass is 474 g/mol. The maximum Gasteiger partial charge on any atom is 0.344 e. The summed E-state index contributed by atoms with van der Waals surface area (Å²) in [5.74, 6) is 0.681. The predicted octanol–water partition coefficient (Wildman–Crippen LogP) is 2.38. The molecule has 1 aromatic carbocycles. The molecule has 0 spiro atoms. The van der Waals surface area contributed by atoms with E-state index in [1.165, 1.54) is 23.1 Å². The number of halogens is 2. The maximum absolute atomic E-state index is 14.1. The van der Waals surface area contributed by atoms with E-state index in [0.29, 0.717) is 56.1 Å². The number of fused-ring (bicyclic) bond motifs is 1. The van der Waals surface area contributed by atoms with Gasteiger partial charge in [-0.3, -0.25) is 9.69 Å². The second kappa shape index (κ2) is 8.95. The minimum atomic E-state index is -0.242. The average Bonchev–Trinajstić information content (AvgIpc) is 3.49. The standard InChI is InChI=1S/C23H28ClFN6O2/c1-16(32)28-4-6-29(7-5-28)22-8-21(25)3-2-17(22)10-27-11-18-13-30(14-19(18)12-27)23(33)31-15-20(24)9-26-31/h2-3,8-9,15,18-19H,4-7,10-14H2,1H3. The molecular weight excluding hydrogens is 447 g/mol. The highest BCUT2D eigenvalue weighted by Gasteiger charge is 2.42. The van der Waals surface area contributed by atoms with Crippen molar-refractivity contribution in [3.8, 4) is 0 Å². The number of carbonyl (C=O) groups is 2. The van der Waals surface area contributed by atoms with Crippen molar-refractivity contribution in [3.05, 3.63) is 47.0 Å². The molecule has 0 aliphatic carbocycles. The summed E-state index contributed by atoms with van der Waals surface area (Å²) in [5, 5.41) is 4.48. The van der Waals surface area contributed by atoms with E-state index in [4.69, 9.17) is 11.6 Å². The minimum absolute atomic E-state index is 0.0842. The Morgan fingerprint density at radius 2 is 1.76 bits per heavy atom. The third-order valence-corrected chi connectivity index (χ3v) is 7.28. The van der Waals surface area contributed by atoms with E-state index in [9.17, 15) is 14.0 Å². The smallest absolute Gasteiger partial charge is 0.344 e. The van der Waals surface area contributed by atoms with Gasteiger partial charge < -0.3 is 14.7 Å². The maximum atomic E-state index is 14.1. The fourth-order valence-corrected chi connectivity index (χ4v) is 5.53. The largest absolute Gasteiger partial charge is 0.368 e. The van der Waals surface area contributed by atoms with Crippen LogP contribution in [0.25, 0.3) is 0 Å². The summed E-state index contributed by atoms with van der Waals surface area (Å²) < 4.78 is 15.4. The number of anilines is 1. The lowest BCUT2D eigenvalue weighted by molar-refractivity contribution is -0.129. The van der Waals surface area contributed by atoms with Gasteiger partial charge in [0.05, 0.1) is 17.4 Å². The molecular formula is C23H28ClFN6O2. The van der Waals surface area contributed by atoms with Crippen LogP contribution in [0, 0.1) is 17.7 Å². The highest BCUT2D eigenvalue weighted by atomic mass is 35.5. The molecule has 2 aromatic rings. The van der Waals surface area contributed by atoms with Crippen molar-refractivity contribution in [3.63, 3.8) is 0 Å². The van der Waals surface area contributed by atoms with Crippen LogP contribution in [0.2, 0.25) is 5.02 Å². The van der Waals surface area contributed by atoms with E-state index in [0.717, 1.165) is 30.9 Å². The number of likely N-dealkylation sites (tertiary alicyclic amines) is 2. The third kappa shape index (κ3) is 4.56. The molecule has 4 heterocycles. The third-order valence-electron chi connectivity index (χ3n) is 7.09. The molecule has 176 valence electrons. The van der Waals surface area contributed by atoms with Gasteiger partial charge in [0.25, 0.3) is 0 Å². The Bertz CT molecular complexity index is 1040. The van der Waals surface area contributed by atoms with Crippen molar-refractivity contribution < 1.29 is 14.0 Å². The van der Waals surface area contributed by atoms with Crippen LogP contribution in [-0.2, 0) is 11.3 Å². The highest BCUT2D eigenvalue weighted by molar-refractivity contribution is 6.30. The number of piperazine rings is 1. The molecule has 1 aromatic heterocycles. The first-order valence-electron chi connectivity index (χ1n) is 11.4. The van der Waals surface area contributed by atoms with Crippen LogP contribution in [0.3, 0.4) is 0 Å².